The lowest BCUT2D eigenvalue weighted by Crippen LogP contribution is -1.78. The molecule has 0 saturated heterocycles. The van der Waals surface area contributed by atoms with Crippen LogP contribution in [0.2, 0.25) is 0 Å². The lowest BCUT2D eigenvalue weighted by Gasteiger charge is -2.05. The summed E-state index contributed by atoms with van der Waals surface area (Å²) in [4.78, 5) is 3.94. The number of benzene rings is 10. The van der Waals surface area contributed by atoms with Gasteiger partial charge in [0, 0.05) is 44.9 Å². The number of hydrogen-bond donors (Lipinski definition) is 0. The number of rotatable bonds is 3. The van der Waals surface area contributed by atoms with E-state index in [1.165, 1.54) is 126 Å². The van der Waals surface area contributed by atoms with Crippen molar-refractivity contribution in [2.75, 3.05) is 0 Å². The molecule has 0 aliphatic carbocycles. The molecule has 3 heteroatoms. The van der Waals surface area contributed by atoms with Crippen molar-refractivity contribution in [1.29, 1.82) is 0 Å². The van der Waals surface area contributed by atoms with Gasteiger partial charge in [-0.05, 0) is 154 Å². The highest BCUT2D eigenvalue weighted by atomic mass is 32.1. The van der Waals surface area contributed by atoms with Crippen molar-refractivity contribution in [2.45, 2.75) is 0 Å². The minimum Gasteiger partial charge on any atom is -0.134 e. The van der Waals surface area contributed by atoms with Crippen molar-refractivity contribution in [2.24, 2.45) is 0 Å². The van der Waals surface area contributed by atoms with Gasteiger partial charge in [-0.1, -0.05) is 109 Å². The molecule has 10 aromatic carbocycles. The molecule has 0 spiro atoms. The third kappa shape index (κ3) is 5.03. The Labute approximate surface area is 340 Å². The van der Waals surface area contributed by atoms with Crippen LogP contribution in [0, 0.1) is 0 Å². The molecule has 0 bridgehead atoms. The number of hydrogen-bond acceptors (Lipinski definition) is 3. The van der Waals surface area contributed by atoms with Gasteiger partial charge in [-0.2, -0.15) is 0 Å². The van der Waals surface area contributed by atoms with Gasteiger partial charge < -0.3 is 0 Å². The molecule has 13 rings (SSSR count). The lowest BCUT2D eigenvalue weighted by molar-refractivity contribution is 1.75. The van der Waals surface area contributed by atoms with Gasteiger partial charge in [-0.15, -0.1) is 34.0 Å². The summed E-state index contributed by atoms with van der Waals surface area (Å²) in [7, 11) is 0. The van der Waals surface area contributed by atoms with E-state index in [0.717, 1.165) is 0 Å². The van der Waals surface area contributed by atoms with Crippen LogP contribution in [0.1, 0.15) is 0 Å². The van der Waals surface area contributed by atoms with E-state index >= 15 is 0 Å². The second-order valence-corrected chi connectivity index (χ2v) is 18.5. The van der Waals surface area contributed by atoms with Gasteiger partial charge >= 0.3 is 0 Å². The fourth-order valence-electron chi connectivity index (χ4n) is 8.99. The van der Waals surface area contributed by atoms with E-state index < -0.39 is 0 Å². The van der Waals surface area contributed by atoms with Crippen LogP contribution in [0.25, 0.3) is 126 Å². The Kier molecular flexibility index (Phi) is 6.73. The largest absolute Gasteiger partial charge is 0.134 e. The molecule has 13 aromatic rings. The molecule has 0 radical (unpaired) electrons. The van der Waals surface area contributed by atoms with Crippen LogP contribution in [0.4, 0.5) is 0 Å². The highest BCUT2D eigenvalue weighted by molar-refractivity contribution is 7.29. The van der Waals surface area contributed by atoms with Crippen molar-refractivity contribution >= 4 is 129 Å². The molecular weight excluding hydrogens is 745 g/mol. The van der Waals surface area contributed by atoms with E-state index in [-0.39, 0.29) is 0 Å². The first-order valence-corrected chi connectivity index (χ1v) is 21.8. The molecule has 0 N–H and O–H groups in total. The van der Waals surface area contributed by atoms with Crippen molar-refractivity contribution in [3.8, 4) is 31.3 Å². The van der Waals surface area contributed by atoms with Crippen LogP contribution in [-0.2, 0) is 0 Å². The Morgan fingerprint density at radius 1 is 0.211 bits per heavy atom. The highest BCUT2D eigenvalue weighted by Crippen LogP contribution is 2.51. The van der Waals surface area contributed by atoms with Crippen molar-refractivity contribution < 1.29 is 0 Å². The van der Waals surface area contributed by atoms with Gasteiger partial charge in [-0.3, -0.25) is 0 Å². The van der Waals surface area contributed by atoms with Crippen molar-refractivity contribution in [3.05, 3.63) is 182 Å². The van der Waals surface area contributed by atoms with Gasteiger partial charge in [-0.25, -0.2) is 0 Å². The zero-order valence-electron chi connectivity index (χ0n) is 30.5. The summed E-state index contributed by atoms with van der Waals surface area (Å²) in [6, 6.07) is 68.4. The minimum atomic E-state index is 1.27. The Bertz CT molecular complexity index is 3320. The van der Waals surface area contributed by atoms with Gasteiger partial charge in [0.2, 0.25) is 0 Å². The highest BCUT2D eigenvalue weighted by Gasteiger charge is 2.20. The van der Waals surface area contributed by atoms with Crippen LogP contribution >= 0.6 is 34.0 Å². The molecule has 0 amide bonds. The second kappa shape index (κ2) is 12.1. The zero-order valence-corrected chi connectivity index (χ0v) is 33.0. The molecule has 264 valence electrons. The van der Waals surface area contributed by atoms with Crippen LogP contribution in [0.5, 0.6) is 0 Å². The maximum Gasteiger partial charge on any atom is 0.0451 e. The summed E-state index contributed by atoms with van der Waals surface area (Å²) in [5, 5.41) is 19.4. The summed E-state index contributed by atoms with van der Waals surface area (Å²) in [5.41, 5.74) is 3.82. The Balaban J connectivity index is 1.02. The molecule has 57 heavy (non-hydrogen) atoms. The smallest absolute Gasteiger partial charge is 0.0451 e. The first kappa shape index (κ1) is 31.8. The quantitative estimate of drug-likeness (QED) is 0.157. The van der Waals surface area contributed by atoms with E-state index in [0.29, 0.717) is 0 Å². The minimum absolute atomic E-state index is 1.27. The second-order valence-electron chi connectivity index (χ2n) is 15.3. The normalized spacial score (nSPS) is 12.2. The SMILES string of the molecule is c1ccc2cc3cc(-c4cc5c(s4)c4cc(-c6ccc7cc8ccccc8cc7c6)sc4c4cc(-c6ccc7cc8ccccc8cc7c6)sc54)ccc3cc2c1. The molecule has 0 aliphatic heterocycles. The van der Waals surface area contributed by atoms with E-state index in [4.69, 9.17) is 0 Å². The summed E-state index contributed by atoms with van der Waals surface area (Å²) in [6.45, 7) is 0. The first-order valence-electron chi connectivity index (χ1n) is 19.4. The zero-order chi connectivity index (χ0) is 37.2. The van der Waals surface area contributed by atoms with Gasteiger partial charge in [0.15, 0.2) is 0 Å². The molecule has 0 aliphatic rings. The van der Waals surface area contributed by atoms with Crippen molar-refractivity contribution in [1.82, 2.24) is 0 Å². The Morgan fingerprint density at radius 2 is 0.456 bits per heavy atom. The summed E-state index contributed by atoms with van der Waals surface area (Å²) < 4.78 is 4.12. The Morgan fingerprint density at radius 3 is 0.737 bits per heavy atom. The van der Waals surface area contributed by atoms with Crippen LogP contribution in [-0.4, -0.2) is 0 Å². The topological polar surface area (TPSA) is 0 Å². The van der Waals surface area contributed by atoms with E-state index in [1.807, 2.05) is 34.0 Å². The predicted octanol–water partition coefficient (Wildman–Crippen LogP) is 17.3. The standard InChI is InChI=1S/C54H30S3/c1-4-10-34-22-43-25-40(16-13-37(43)19-31(34)7-1)49-28-46-52(55-49)47-29-50(41-17-14-38-20-32-8-2-5-11-35(32)23-44(38)26-41)57-54(47)48-30-51(56-53(46)48)42-18-15-39-21-33-9-3-6-12-36(33)24-45(39)27-42/h1-30H. The van der Waals surface area contributed by atoms with Crippen molar-refractivity contribution in [3.63, 3.8) is 0 Å². The molecule has 0 unspecified atom stereocenters. The third-order valence-corrected chi connectivity index (χ3v) is 15.6. The lowest BCUT2D eigenvalue weighted by atomic mass is 10.0. The van der Waals surface area contributed by atoms with Crippen LogP contribution < -0.4 is 0 Å². The molecule has 0 atom stereocenters. The Hall–Kier alpha value is -6.36. The number of fused-ring (bicyclic) bond motifs is 12. The maximum atomic E-state index is 2.47. The van der Waals surface area contributed by atoms with Gasteiger partial charge in [0.1, 0.15) is 0 Å². The van der Waals surface area contributed by atoms with Crippen LogP contribution in [0.15, 0.2) is 182 Å². The van der Waals surface area contributed by atoms with E-state index in [2.05, 4.69) is 182 Å². The first-order chi connectivity index (χ1) is 28.1. The molecule has 0 nitrogen and oxygen atoms in total. The monoisotopic (exact) mass is 774 g/mol. The summed E-state index contributed by atoms with van der Waals surface area (Å²) in [5.74, 6) is 0. The summed E-state index contributed by atoms with van der Waals surface area (Å²) in [6.07, 6.45) is 0. The van der Waals surface area contributed by atoms with Gasteiger partial charge in [0.25, 0.3) is 0 Å². The molecular formula is C54H30S3. The molecule has 3 aromatic heterocycles. The predicted molar refractivity (Wildman–Crippen MR) is 254 cm³/mol. The van der Waals surface area contributed by atoms with Crippen LogP contribution in [0.3, 0.4) is 0 Å². The third-order valence-electron chi connectivity index (χ3n) is 11.9. The molecule has 0 fully saturated rings. The van der Waals surface area contributed by atoms with E-state index in [9.17, 15) is 0 Å². The summed E-state index contributed by atoms with van der Waals surface area (Å²) >= 11 is 5.82. The molecule has 3 heterocycles. The molecule has 0 saturated carbocycles. The van der Waals surface area contributed by atoms with E-state index in [1.54, 1.807) is 0 Å². The fraction of sp³-hybridized carbons (Fsp3) is 0. The number of thiophene rings is 3. The van der Waals surface area contributed by atoms with Gasteiger partial charge in [0.05, 0.1) is 0 Å². The average molecular weight is 775 g/mol. The average Bonchev–Trinajstić information content (AvgIpc) is 4.01. The maximum absolute atomic E-state index is 2.47. The fourth-order valence-corrected chi connectivity index (χ4v) is 12.7.